The van der Waals surface area contributed by atoms with Gasteiger partial charge in [-0.15, -0.1) is 11.8 Å². The van der Waals surface area contributed by atoms with Crippen LogP contribution in [0.2, 0.25) is 0 Å². The zero-order chi connectivity index (χ0) is 12.1. The van der Waals surface area contributed by atoms with Gasteiger partial charge in [0.1, 0.15) is 11.4 Å². The van der Waals surface area contributed by atoms with Crippen molar-refractivity contribution in [3.05, 3.63) is 12.5 Å². The van der Waals surface area contributed by atoms with Gasteiger partial charge < -0.3 is 5.11 Å². The summed E-state index contributed by atoms with van der Waals surface area (Å²) < 4.78 is 1.88. The number of aryl methyl sites for hydroxylation is 1. The van der Waals surface area contributed by atoms with E-state index in [4.69, 9.17) is 5.11 Å². The molecule has 0 aromatic carbocycles. The molecular formula is C11H16N4OS. The maximum Gasteiger partial charge on any atom is 0.162 e. The molecule has 92 valence electrons. The number of unbranched alkanes of at least 4 members (excludes halogenated alkanes) is 1. The zero-order valence-corrected chi connectivity index (χ0v) is 10.7. The summed E-state index contributed by atoms with van der Waals surface area (Å²) in [6.07, 6.45) is 5.12. The molecular weight excluding hydrogens is 236 g/mol. The van der Waals surface area contributed by atoms with Crippen molar-refractivity contribution in [3.8, 4) is 0 Å². The molecule has 0 radical (unpaired) electrons. The van der Waals surface area contributed by atoms with Gasteiger partial charge in [-0.25, -0.2) is 14.6 Å². The van der Waals surface area contributed by atoms with Crippen molar-refractivity contribution in [2.45, 2.75) is 31.3 Å². The van der Waals surface area contributed by atoms with Gasteiger partial charge in [0.15, 0.2) is 5.65 Å². The van der Waals surface area contributed by atoms with E-state index in [2.05, 4.69) is 22.0 Å². The molecule has 0 fully saturated rings. The maximum absolute atomic E-state index is 8.76. The average Bonchev–Trinajstić information content (AvgIpc) is 2.75. The Hall–Kier alpha value is -1.14. The van der Waals surface area contributed by atoms with Crippen molar-refractivity contribution in [2.75, 3.05) is 12.4 Å². The molecule has 0 aliphatic rings. The highest BCUT2D eigenvalue weighted by molar-refractivity contribution is 7.99. The number of rotatable bonds is 6. The number of hydrogen-bond donors (Lipinski definition) is 1. The third-order valence-corrected chi connectivity index (χ3v) is 3.34. The normalized spacial score (nSPS) is 11.2. The van der Waals surface area contributed by atoms with Gasteiger partial charge in [-0.3, -0.25) is 0 Å². The van der Waals surface area contributed by atoms with E-state index < -0.39 is 0 Å². The Labute approximate surface area is 104 Å². The second-order valence-electron chi connectivity index (χ2n) is 3.65. The van der Waals surface area contributed by atoms with Gasteiger partial charge in [-0.1, -0.05) is 6.92 Å². The first-order chi connectivity index (χ1) is 8.36. The standard InChI is InChI=1S/C11H16N4OS/c1-2-17-11-9-7-14-15(5-3-4-6-16)10(9)12-8-13-11/h7-8,16H,2-6H2,1H3. The molecule has 0 aliphatic carbocycles. The van der Waals surface area contributed by atoms with Gasteiger partial charge in [0.2, 0.25) is 0 Å². The highest BCUT2D eigenvalue weighted by Gasteiger charge is 2.08. The van der Waals surface area contributed by atoms with Crippen LogP contribution in [0.1, 0.15) is 19.8 Å². The molecule has 0 aliphatic heterocycles. The number of aromatic nitrogens is 4. The molecule has 2 aromatic rings. The second-order valence-corrected chi connectivity index (χ2v) is 4.90. The van der Waals surface area contributed by atoms with Crippen LogP contribution in [-0.2, 0) is 6.54 Å². The molecule has 5 nitrogen and oxygen atoms in total. The van der Waals surface area contributed by atoms with Gasteiger partial charge in [-0.05, 0) is 18.6 Å². The summed E-state index contributed by atoms with van der Waals surface area (Å²) in [6.45, 7) is 3.12. The summed E-state index contributed by atoms with van der Waals surface area (Å²) in [6, 6.07) is 0. The van der Waals surface area contributed by atoms with E-state index in [1.54, 1.807) is 18.1 Å². The minimum atomic E-state index is 0.227. The number of hydrogen-bond acceptors (Lipinski definition) is 5. The molecule has 1 N–H and O–H groups in total. The molecule has 0 unspecified atom stereocenters. The van der Waals surface area contributed by atoms with E-state index in [0.29, 0.717) is 0 Å². The SMILES string of the molecule is CCSc1ncnc2c1cnn2CCCCO. The van der Waals surface area contributed by atoms with Crippen LogP contribution in [-0.4, -0.2) is 37.2 Å². The van der Waals surface area contributed by atoms with E-state index in [-0.39, 0.29) is 6.61 Å². The van der Waals surface area contributed by atoms with E-state index >= 15 is 0 Å². The number of aliphatic hydroxyl groups is 1. The summed E-state index contributed by atoms with van der Waals surface area (Å²) >= 11 is 1.70. The van der Waals surface area contributed by atoms with Crippen LogP contribution in [0.4, 0.5) is 0 Å². The Morgan fingerprint density at radius 1 is 1.35 bits per heavy atom. The van der Waals surface area contributed by atoms with Crippen molar-refractivity contribution in [2.24, 2.45) is 0 Å². The van der Waals surface area contributed by atoms with Crippen LogP contribution < -0.4 is 0 Å². The fourth-order valence-electron chi connectivity index (χ4n) is 1.66. The summed E-state index contributed by atoms with van der Waals surface area (Å²) in [5.41, 5.74) is 0.883. The van der Waals surface area contributed by atoms with Crippen molar-refractivity contribution >= 4 is 22.8 Å². The van der Waals surface area contributed by atoms with Gasteiger partial charge in [0, 0.05) is 13.2 Å². The van der Waals surface area contributed by atoms with Crippen LogP contribution in [0.15, 0.2) is 17.6 Å². The largest absolute Gasteiger partial charge is 0.396 e. The molecule has 0 atom stereocenters. The van der Waals surface area contributed by atoms with Crippen LogP contribution in [0.5, 0.6) is 0 Å². The molecule has 0 saturated carbocycles. The fourth-order valence-corrected chi connectivity index (χ4v) is 2.35. The minimum Gasteiger partial charge on any atom is -0.396 e. The Bertz CT molecular complexity index is 485. The third-order valence-electron chi connectivity index (χ3n) is 2.46. The lowest BCUT2D eigenvalue weighted by molar-refractivity contribution is 0.280. The molecule has 0 spiro atoms. The summed E-state index contributed by atoms with van der Waals surface area (Å²) in [7, 11) is 0. The van der Waals surface area contributed by atoms with Gasteiger partial charge in [-0.2, -0.15) is 5.10 Å². The highest BCUT2D eigenvalue weighted by Crippen LogP contribution is 2.23. The highest BCUT2D eigenvalue weighted by atomic mass is 32.2. The molecule has 6 heteroatoms. The molecule has 17 heavy (non-hydrogen) atoms. The fraction of sp³-hybridized carbons (Fsp3) is 0.545. The van der Waals surface area contributed by atoms with E-state index in [1.165, 1.54) is 0 Å². The Morgan fingerprint density at radius 2 is 2.24 bits per heavy atom. The first-order valence-corrected chi connectivity index (χ1v) is 6.75. The lowest BCUT2D eigenvalue weighted by Gasteiger charge is -2.02. The van der Waals surface area contributed by atoms with E-state index in [0.717, 1.165) is 41.2 Å². The number of thioether (sulfide) groups is 1. The number of nitrogens with zero attached hydrogens (tertiary/aromatic N) is 4. The Kier molecular flexibility index (Phi) is 4.33. The van der Waals surface area contributed by atoms with Gasteiger partial charge in [0.05, 0.1) is 11.6 Å². The van der Waals surface area contributed by atoms with Crippen LogP contribution >= 0.6 is 11.8 Å². The minimum absolute atomic E-state index is 0.227. The van der Waals surface area contributed by atoms with Crippen LogP contribution in [0.25, 0.3) is 11.0 Å². The molecule has 0 amide bonds. The molecule has 0 bridgehead atoms. The second kappa shape index (κ2) is 5.97. The Balaban J connectivity index is 2.24. The van der Waals surface area contributed by atoms with Crippen molar-refractivity contribution in [1.82, 2.24) is 19.7 Å². The summed E-state index contributed by atoms with van der Waals surface area (Å²) in [5, 5.41) is 15.1. The average molecular weight is 252 g/mol. The van der Waals surface area contributed by atoms with Crippen molar-refractivity contribution in [1.29, 1.82) is 0 Å². The smallest absolute Gasteiger partial charge is 0.162 e. The van der Waals surface area contributed by atoms with Gasteiger partial charge in [0.25, 0.3) is 0 Å². The lowest BCUT2D eigenvalue weighted by Crippen LogP contribution is -2.02. The van der Waals surface area contributed by atoms with Crippen molar-refractivity contribution < 1.29 is 5.11 Å². The topological polar surface area (TPSA) is 63.8 Å². The van der Waals surface area contributed by atoms with E-state index in [9.17, 15) is 0 Å². The first kappa shape index (κ1) is 12.3. The molecule has 0 saturated heterocycles. The maximum atomic E-state index is 8.76. The predicted octanol–water partition coefficient (Wildman–Crippen LogP) is 1.71. The number of aliphatic hydroxyl groups excluding tert-OH is 1. The van der Waals surface area contributed by atoms with Crippen LogP contribution in [0, 0.1) is 0 Å². The number of fused-ring (bicyclic) bond motifs is 1. The van der Waals surface area contributed by atoms with Crippen molar-refractivity contribution in [3.63, 3.8) is 0 Å². The van der Waals surface area contributed by atoms with Crippen LogP contribution in [0.3, 0.4) is 0 Å². The molecule has 2 heterocycles. The monoisotopic (exact) mass is 252 g/mol. The predicted molar refractivity (Wildman–Crippen MR) is 68.0 cm³/mol. The first-order valence-electron chi connectivity index (χ1n) is 5.77. The quantitative estimate of drug-likeness (QED) is 0.482. The third kappa shape index (κ3) is 2.76. The van der Waals surface area contributed by atoms with E-state index in [1.807, 2.05) is 10.9 Å². The molecule has 2 rings (SSSR count). The Morgan fingerprint density at radius 3 is 3.00 bits per heavy atom. The molecule has 2 aromatic heterocycles. The lowest BCUT2D eigenvalue weighted by atomic mass is 10.3. The summed E-state index contributed by atoms with van der Waals surface area (Å²) in [5.74, 6) is 0.988. The summed E-state index contributed by atoms with van der Waals surface area (Å²) in [4.78, 5) is 8.54. The zero-order valence-electron chi connectivity index (χ0n) is 9.83. The van der Waals surface area contributed by atoms with Gasteiger partial charge >= 0.3 is 0 Å².